The first-order valence-electron chi connectivity index (χ1n) is 19.5. The molecule has 0 aromatic heterocycles. The molecule has 0 spiro atoms. The van der Waals surface area contributed by atoms with Crippen molar-refractivity contribution in [2.75, 3.05) is 0 Å². The van der Waals surface area contributed by atoms with Gasteiger partial charge in [0.15, 0.2) is 0 Å². The number of hydrogen-bond acceptors (Lipinski definition) is 0. The van der Waals surface area contributed by atoms with Crippen LogP contribution in [-0.2, 0) is 33.9 Å². The van der Waals surface area contributed by atoms with E-state index in [1.807, 2.05) is 6.07 Å². The molecule has 0 aliphatic heterocycles. The van der Waals surface area contributed by atoms with E-state index in [1.165, 1.54) is 43.2 Å². The van der Waals surface area contributed by atoms with Crippen LogP contribution in [0.15, 0.2) is 126 Å². The van der Waals surface area contributed by atoms with Crippen LogP contribution < -0.4 is 24.8 Å². The Hall–Kier alpha value is -2.52. The predicted octanol–water partition coefficient (Wildman–Crippen LogP) is 7.69. The Morgan fingerprint density at radius 3 is 2.05 bits per heavy atom. The molecule has 3 aromatic carbocycles. The molecule has 5 aliphatic carbocycles. The van der Waals surface area contributed by atoms with Crippen molar-refractivity contribution < 1.29 is 59.3 Å². The summed E-state index contributed by atoms with van der Waals surface area (Å²) in [6.45, 7) is 22.5. The van der Waals surface area contributed by atoms with Crippen molar-refractivity contribution in [2.24, 2.45) is 27.6 Å². The molecule has 8 rings (SSSR count). The molecule has 3 aromatic rings. The normalized spacial score (nSPS) is 27.1. The summed E-state index contributed by atoms with van der Waals surface area (Å²) in [6.07, 6.45) is 12.7. The zero-order valence-electron chi connectivity index (χ0n) is 33.6. The molecule has 0 radical (unpaired) electrons. The van der Waals surface area contributed by atoms with Gasteiger partial charge in [-0.25, -0.2) is 0 Å². The van der Waals surface area contributed by atoms with E-state index in [9.17, 15) is 13.2 Å². The minimum Gasteiger partial charge on any atom is -1.00 e. The van der Waals surface area contributed by atoms with Crippen molar-refractivity contribution >= 4 is 8.78 Å². The third kappa shape index (κ3) is 5.72. The molecule has 0 saturated heterocycles. The molecule has 1 saturated carbocycles. The average molecular weight is 861 g/mol. The largest absolute Gasteiger partial charge is 1.00 e. The Kier molecular flexibility index (Phi) is 10.8. The first kappa shape index (κ1) is 42.1. The quantitative estimate of drug-likeness (QED) is 0.253. The van der Waals surface area contributed by atoms with Crippen LogP contribution >= 0.6 is 0 Å². The summed E-state index contributed by atoms with van der Waals surface area (Å²) >= 11 is -3.42. The summed E-state index contributed by atoms with van der Waals surface area (Å²) in [7, 11) is 0. The van der Waals surface area contributed by atoms with E-state index in [-0.39, 0.29) is 53.2 Å². The molecule has 0 nitrogen and oxygen atoms in total. The number of benzene rings is 3. The van der Waals surface area contributed by atoms with Gasteiger partial charge < -0.3 is 24.8 Å². The molecular formula is C49H53Cl2F3Zr. The summed E-state index contributed by atoms with van der Waals surface area (Å²) in [5, 5.41) is 0. The first-order valence-corrected chi connectivity index (χ1v) is 23.3. The maximum absolute atomic E-state index is 14.6. The van der Waals surface area contributed by atoms with Gasteiger partial charge in [0.2, 0.25) is 0 Å². The van der Waals surface area contributed by atoms with E-state index in [0.29, 0.717) is 5.92 Å². The van der Waals surface area contributed by atoms with Crippen LogP contribution in [0.25, 0.3) is 5.57 Å². The molecular weight excluding hydrogens is 808 g/mol. The van der Waals surface area contributed by atoms with Crippen LogP contribution in [0.5, 0.6) is 0 Å². The third-order valence-corrected chi connectivity index (χ3v) is 26.1. The van der Waals surface area contributed by atoms with E-state index in [0.717, 1.165) is 36.0 Å². The van der Waals surface area contributed by atoms with Gasteiger partial charge in [-0.2, -0.15) is 0 Å². The van der Waals surface area contributed by atoms with Crippen LogP contribution in [-0.4, -0.2) is 3.21 Å². The second-order valence-corrected chi connectivity index (χ2v) is 25.6. The van der Waals surface area contributed by atoms with Crippen LogP contribution in [0.1, 0.15) is 102 Å². The Balaban J connectivity index is 0.00000257. The van der Waals surface area contributed by atoms with Gasteiger partial charge in [-0.1, -0.05) is 0 Å². The number of alkyl halides is 3. The minimum absolute atomic E-state index is 0. The van der Waals surface area contributed by atoms with Crippen LogP contribution in [0.2, 0.25) is 6.75 Å². The van der Waals surface area contributed by atoms with E-state index in [4.69, 9.17) is 0 Å². The van der Waals surface area contributed by atoms with Crippen molar-refractivity contribution in [1.29, 1.82) is 0 Å². The van der Waals surface area contributed by atoms with E-state index in [1.54, 1.807) is 11.6 Å². The fourth-order valence-corrected chi connectivity index (χ4v) is 23.4. The molecule has 0 amide bonds. The first-order chi connectivity index (χ1) is 24.9. The van der Waals surface area contributed by atoms with E-state index in [2.05, 4.69) is 147 Å². The summed E-state index contributed by atoms with van der Waals surface area (Å²) in [4.78, 5) is 0. The third-order valence-electron chi connectivity index (χ3n) is 15.9. The van der Waals surface area contributed by atoms with E-state index < -0.39 is 33.0 Å². The predicted molar refractivity (Wildman–Crippen MR) is 212 cm³/mol. The van der Waals surface area contributed by atoms with Gasteiger partial charge in [0.25, 0.3) is 0 Å². The summed E-state index contributed by atoms with van der Waals surface area (Å²) in [5.41, 5.74) is 10.6. The van der Waals surface area contributed by atoms with Gasteiger partial charge in [0.05, 0.1) is 0 Å². The van der Waals surface area contributed by atoms with Gasteiger partial charge in [-0.3, -0.25) is 0 Å². The maximum atomic E-state index is 14.6. The minimum atomic E-state index is -4.43. The van der Waals surface area contributed by atoms with Gasteiger partial charge in [-0.05, 0) is 0 Å². The SMILES string of the molecule is Cc1ccc([C](c2cccc(C(F)(F)F)c2)=[Zr+2]([CH]2C=CC=C2)[C]2(C)C3=C4Cc5ccccc5C4=C4C=CCCC4C3(C)C(C)(C)C(C)(C)C2(C)C)cc1.[Cl-].[Cl-]. The van der Waals surface area contributed by atoms with Crippen LogP contribution in [0, 0.1) is 34.5 Å². The zero-order valence-corrected chi connectivity index (χ0v) is 37.5. The number of allylic oxidation sites excluding steroid dienone is 10. The van der Waals surface area contributed by atoms with Crippen molar-refractivity contribution in [2.45, 2.75) is 94.5 Å². The summed E-state index contributed by atoms with van der Waals surface area (Å²) in [6, 6.07) is 24.0. The van der Waals surface area contributed by atoms with Crippen LogP contribution in [0.4, 0.5) is 13.2 Å². The standard InChI is InChI=1S/C29H37.C15H11F3.C5H5.2ClH.Zr/c1-18-25-22-17-19-13-9-10-14-20(19)24(22)21-15-11-12-16-23(21)29(25,8)28(6,7)27(4,5)26(18,2)3;1-11-5-7-12(8-6-11)9-13-3-2-4-14(10-13)15(16,17)18;1-2-4-5-3-1;;;/h9-11,13-15,23H,12,16-17H2,1-8H3;2-8,10H,1H3;1-5H;2*1H;/q;;;;;+2/p-2. The second kappa shape index (κ2) is 14.1. The van der Waals surface area contributed by atoms with Crippen molar-refractivity contribution in [3.8, 4) is 0 Å². The van der Waals surface area contributed by atoms with Crippen molar-refractivity contribution in [1.82, 2.24) is 0 Å². The van der Waals surface area contributed by atoms with Gasteiger partial charge in [-0.15, -0.1) is 0 Å². The topological polar surface area (TPSA) is 0 Å². The molecule has 55 heavy (non-hydrogen) atoms. The average Bonchev–Trinajstić information content (AvgIpc) is 3.78. The number of rotatable bonds is 4. The number of hydrogen-bond donors (Lipinski definition) is 0. The Bertz CT molecular complexity index is 2210. The molecule has 0 bridgehead atoms. The fraction of sp³-hybridized carbons (Fsp3) is 0.408. The molecule has 6 heteroatoms. The molecule has 3 unspecified atom stereocenters. The summed E-state index contributed by atoms with van der Waals surface area (Å²) in [5.74, 6) is 0.341. The molecule has 1 fully saturated rings. The number of fused-ring (bicyclic) bond motifs is 6. The monoisotopic (exact) mass is 858 g/mol. The molecule has 3 atom stereocenters. The number of aryl methyl sites for hydroxylation is 1. The van der Waals surface area contributed by atoms with Crippen molar-refractivity contribution in [3.63, 3.8) is 0 Å². The Morgan fingerprint density at radius 2 is 1.40 bits per heavy atom. The smallest absolute Gasteiger partial charge is 1.00 e. The molecule has 288 valence electrons. The van der Waals surface area contributed by atoms with E-state index >= 15 is 0 Å². The Labute approximate surface area is 347 Å². The molecule has 0 N–H and O–H groups in total. The van der Waals surface area contributed by atoms with Gasteiger partial charge in [0.1, 0.15) is 0 Å². The van der Waals surface area contributed by atoms with Gasteiger partial charge in [0, 0.05) is 0 Å². The molecule has 5 aliphatic rings. The van der Waals surface area contributed by atoms with Crippen molar-refractivity contribution in [3.05, 3.63) is 159 Å². The van der Waals surface area contributed by atoms with Gasteiger partial charge >= 0.3 is 325 Å². The van der Waals surface area contributed by atoms with Crippen LogP contribution in [0.3, 0.4) is 0 Å². The maximum Gasteiger partial charge on any atom is -1.00 e. The molecule has 0 heterocycles. The second-order valence-electron chi connectivity index (χ2n) is 18.3. The zero-order chi connectivity index (χ0) is 37.9. The Morgan fingerprint density at radius 1 is 0.745 bits per heavy atom. The fourth-order valence-electron chi connectivity index (χ4n) is 11.8. The number of halogens is 5. The summed E-state index contributed by atoms with van der Waals surface area (Å²) < 4.78 is 44.9.